The highest BCUT2D eigenvalue weighted by Crippen LogP contribution is 2.35. The third kappa shape index (κ3) is 4.47. The van der Waals surface area contributed by atoms with E-state index in [9.17, 15) is 18.8 Å². The summed E-state index contributed by atoms with van der Waals surface area (Å²) in [5.74, 6) is -0.948. The van der Waals surface area contributed by atoms with Crippen LogP contribution < -0.4 is 10.3 Å². The highest BCUT2D eigenvalue weighted by molar-refractivity contribution is 5.80. The van der Waals surface area contributed by atoms with Crippen molar-refractivity contribution < 1.29 is 27.9 Å². The second-order valence-electron chi connectivity index (χ2n) is 6.99. The van der Waals surface area contributed by atoms with Crippen LogP contribution in [0, 0.1) is 11.2 Å². The van der Waals surface area contributed by atoms with Gasteiger partial charge in [-0.3, -0.25) is 14.1 Å². The number of hydrogen-bond acceptors (Lipinski definition) is 5. The van der Waals surface area contributed by atoms with E-state index in [1.54, 1.807) is 24.0 Å². The maximum absolute atomic E-state index is 13.2. The molecule has 0 bridgehead atoms. The van der Waals surface area contributed by atoms with Crippen LogP contribution in [0.5, 0.6) is 0 Å². The van der Waals surface area contributed by atoms with E-state index in [2.05, 4.69) is 9.79 Å². The number of aromatic nitrogens is 2. The first-order valence-electron chi connectivity index (χ1n) is 9.19. The van der Waals surface area contributed by atoms with Crippen molar-refractivity contribution in [1.82, 2.24) is 10.2 Å². The Morgan fingerprint density at radius 1 is 1.36 bits per heavy atom. The summed E-state index contributed by atoms with van der Waals surface area (Å²) in [6, 6.07) is 5.99. The summed E-state index contributed by atoms with van der Waals surface area (Å²) < 4.78 is 24.4. The zero-order valence-corrected chi connectivity index (χ0v) is 15.7. The van der Waals surface area contributed by atoms with Crippen LogP contribution in [0.15, 0.2) is 39.8 Å². The fourth-order valence-corrected chi connectivity index (χ4v) is 3.61. The number of carbonyl (C=O) groups excluding carboxylic acids is 2. The lowest BCUT2D eigenvalue weighted by atomic mass is 9.75. The number of halogens is 1. The molecule has 1 amide bonds. The molecule has 3 rings (SSSR count). The maximum atomic E-state index is 13.2. The van der Waals surface area contributed by atoms with Gasteiger partial charge in [-0.05, 0) is 49.2 Å². The summed E-state index contributed by atoms with van der Waals surface area (Å²) in [7, 11) is 0. The molecule has 0 radical (unpaired) electrons. The van der Waals surface area contributed by atoms with Crippen molar-refractivity contribution in [2.24, 2.45) is 5.41 Å². The molecule has 1 aromatic carbocycles. The molecular weight excluding hydrogens is 369 g/mol. The van der Waals surface area contributed by atoms with Gasteiger partial charge in [-0.15, -0.1) is 0 Å². The van der Waals surface area contributed by atoms with Crippen molar-refractivity contribution in [2.45, 2.75) is 32.7 Å². The first-order valence-corrected chi connectivity index (χ1v) is 9.19. The van der Waals surface area contributed by atoms with E-state index in [1.165, 1.54) is 16.8 Å². The highest BCUT2D eigenvalue weighted by atomic mass is 19.1. The Bertz CT molecular complexity index is 891. The normalized spacial score (nSPS) is 19.4. The molecule has 0 aliphatic carbocycles. The third-order valence-corrected chi connectivity index (χ3v) is 4.92. The van der Waals surface area contributed by atoms with Gasteiger partial charge < -0.3 is 9.64 Å². The number of ether oxygens (including phenoxy) is 1. The summed E-state index contributed by atoms with van der Waals surface area (Å²) in [5.41, 5.74) is -0.670. The first kappa shape index (κ1) is 19.8. The van der Waals surface area contributed by atoms with Crippen molar-refractivity contribution in [3.8, 4) is 0 Å². The van der Waals surface area contributed by atoms with Crippen LogP contribution in [-0.4, -0.2) is 41.7 Å². The number of aromatic amines is 1. The van der Waals surface area contributed by atoms with Gasteiger partial charge in [0.15, 0.2) is 0 Å². The number of amides is 1. The minimum Gasteiger partial charge on any atom is -0.466 e. The minimum absolute atomic E-state index is 0.0960. The number of rotatable bonds is 6. The molecular formula is C19H23FN3O5+. The average Bonchev–Trinajstić information content (AvgIpc) is 3.08. The van der Waals surface area contributed by atoms with Crippen molar-refractivity contribution in [1.29, 1.82) is 0 Å². The number of nitrogens with zero attached hydrogens (tertiary/aromatic N) is 2. The molecule has 28 heavy (non-hydrogen) atoms. The zero-order valence-electron chi connectivity index (χ0n) is 15.7. The SMILES string of the molecule is CCOC(=O)[C@@]1(Cc2ccc(F)cc2)CCCN(C(=O)C[n+]2cc(=O)o[nH]2)C1. The lowest BCUT2D eigenvalue weighted by Gasteiger charge is -2.40. The van der Waals surface area contributed by atoms with Gasteiger partial charge in [0.2, 0.25) is 0 Å². The van der Waals surface area contributed by atoms with Gasteiger partial charge in [0.05, 0.1) is 12.0 Å². The number of likely N-dealkylation sites (tertiary alicyclic amines) is 1. The summed E-state index contributed by atoms with van der Waals surface area (Å²) in [5, 5.41) is 2.34. The largest absolute Gasteiger partial charge is 0.466 e. The topological polar surface area (TPSA) is 96.5 Å². The molecule has 1 fully saturated rings. The monoisotopic (exact) mass is 392 g/mol. The molecule has 9 heteroatoms. The molecule has 0 unspecified atom stereocenters. The predicted octanol–water partition coefficient (Wildman–Crippen LogP) is 0.809. The molecule has 0 saturated carbocycles. The second-order valence-corrected chi connectivity index (χ2v) is 6.99. The van der Waals surface area contributed by atoms with Crippen molar-refractivity contribution >= 4 is 11.9 Å². The number of benzene rings is 1. The van der Waals surface area contributed by atoms with E-state index in [0.717, 1.165) is 11.8 Å². The first-order chi connectivity index (χ1) is 13.4. The molecule has 8 nitrogen and oxygen atoms in total. The quantitative estimate of drug-likeness (QED) is 0.580. The Labute approximate surface area is 160 Å². The lowest BCUT2D eigenvalue weighted by molar-refractivity contribution is -0.751. The molecule has 0 spiro atoms. The Morgan fingerprint density at radius 3 is 2.75 bits per heavy atom. The Morgan fingerprint density at radius 2 is 2.11 bits per heavy atom. The number of hydrogen-bond donors (Lipinski definition) is 1. The van der Waals surface area contributed by atoms with Crippen LogP contribution in [0.3, 0.4) is 0 Å². The molecule has 2 heterocycles. The van der Waals surface area contributed by atoms with Gasteiger partial charge in [-0.1, -0.05) is 16.8 Å². The Kier molecular flexibility index (Phi) is 5.91. The van der Waals surface area contributed by atoms with Crippen LogP contribution >= 0.6 is 0 Å². The van der Waals surface area contributed by atoms with Gasteiger partial charge in [-0.2, -0.15) is 0 Å². The van der Waals surface area contributed by atoms with E-state index in [-0.39, 0.29) is 37.4 Å². The number of carbonyl (C=O) groups is 2. The maximum Gasteiger partial charge on any atom is 0.426 e. The molecule has 1 aliphatic rings. The van der Waals surface area contributed by atoms with E-state index in [4.69, 9.17) is 4.74 Å². The van der Waals surface area contributed by atoms with Gasteiger partial charge >= 0.3 is 11.6 Å². The van der Waals surface area contributed by atoms with Crippen LogP contribution in [0.2, 0.25) is 0 Å². The van der Waals surface area contributed by atoms with E-state index >= 15 is 0 Å². The van der Waals surface area contributed by atoms with E-state index < -0.39 is 11.0 Å². The predicted molar refractivity (Wildman–Crippen MR) is 94.5 cm³/mol. The van der Waals surface area contributed by atoms with Gasteiger partial charge in [0.1, 0.15) is 5.82 Å². The van der Waals surface area contributed by atoms with E-state index in [1.807, 2.05) is 0 Å². The van der Waals surface area contributed by atoms with Gasteiger partial charge in [0.25, 0.3) is 18.6 Å². The average molecular weight is 392 g/mol. The molecule has 1 aromatic heterocycles. The van der Waals surface area contributed by atoms with Gasteiger partial charge in [-0.25, -0.2) is 9.18 Å². The molecule has 150 valence electrons. The number of nitrogens with one attached hydrogen (secondary N) is 1. The molecule has 1 aliphatic heterocycles. The zero-order chi connectivity index (χ0) is 20.1. The molecule has 1 N–H and O–H groups in total. The number of H-pyrrole nitrogens is 1. The molecule has 2 aromatic rings. The minimum atomic E-state index is -0.893. The van der Waals surface area contributed by atoms with Crippen LogP contribution in [0.25, 0.3) is 0 Å². The summed E-state index contributed by atoms with van der Waals surface area (Å²) in [6.45, 7) is 2.59. The van der Waals surface area contributed by atoms with Crippen LogP contribution in [-0.2, 0) is 27.3 Å². The van der Waals surface area contributed by atoms with Crippen LogP contribution in [0.1, 0.15) is 25.3 Å². The molecule has 1 atom stereocenters. The summed E-state index contributed by atoms with van der Waals surface area (Å²) >= 11 is 0. The van der Waals surface area contributed by atoms with Crippen molar-refractivity contribution in [2.75, 3.05) is 19.7 Å². The Hall–Kier alpha value is -2.97. The van der Waals surface area contributed by atoms with E-state index in [0.29, 0.717) is 25.8 Å². The summed E-state index contributed by atoms with van der Waals surface area (Å²) in [4.78, 5) is 38.2. The number of esters is 1. The van der Waals surface area contributed by atoms with Crippen molar-refractivity contribution in [3.05, 3.63) is 52.3 Å². The van der Waals surface area contributed by atoms with Crippen molar-refractivity contribution in [3.63, 3.8) is 0 Å². The Balaban J connectivity index is 1.80. The lowest BCUT2D eigenvalue weighted by Crippen LogP contribution is -2.54. The highest BCUT2D eigenvalue weighted by Gasteiger charge is 2.45. The summed E-state index contributed by atoms with van der Waals surface area (Å²) in [6.07, 6.45) is 2.71. The standard InChI is InChI=1S/C19H22FN3O5/c1-2-27-18(26)19(10-14-4-6-15(20)7-5-14)8-3-9-22(13-19)16(24)11-23-12-17(25)28-21-23/h4-7,12H,2-3,8-11,13H2,1H3/p+1/t19-/m1/s1. The molecule has 1 saturated heterocycles. The smallest absolute Gasteiger partial charge is 0.426 e. The van der Waals surface area contributed by atoms with Crippen LogP contribution in [0.4, 0.5) is 4.39 Å². The van der Waals surface area contributed by atoms with Gasteiger partial charge in [0, 0.05) is 13.1 Å². The number of piperidine rings is 1. The third-order valence-electron chi connectivity index (χ3n) is 4.92. The fraction of sp³-hybridized carbons (Fsp3) is 0.474. The fourth-order valence-electron chi connectivity index (χ4n) is 3.61. The second kappa shape index (κ2) is 8.37.